The molecule has 2 rings (SSSR count). The molecule has 2 aromatic carbocycles. The summed E-state index contributed by atoms with van der Waals surface area (Å²) in [5.74, 6) is 1.10. The van der Waals surface area contributed by atoms with Gasteiger partial charge in [0.1, 0.15) is 18.1 Å². The second-order valence-electron chi connectivity index (χ2n) is 4.32. The zero-order valence-corrected chi connectivity index (χ0v) is 12.6. The Morgan fingerprint density at radius 1 is 1.19 bits per heavy atom. The van der Waals surface area contributed by atoms with E-state index in [9.17, 15) is 4.79 Å². The molecule has 0 saturated carbocycles. The second-order valence-corrected chi connectivity index (χ2v) is 4.73. The summed E-state index contributed by atoms with van der Waals surface area (Å²) >= 11 is 6.05. The number of amides is 1. The number of carbonyl (C=O) groups is 1. The van der Waals surface area contributed by atoms with Crippen molar-refractivity contribution < 1.29 is 14.3 Å². The van der Waals surface area contributed by atoms with Crippen LogP contribution in [0, 0.1) is 0 Å². The maximum atomic E-state index is 11.7. The minimum absolute atomic E-state index is 0.156. The fourth-order valence-corrected chi connectivity index (χ4v) is 2.08. The Morgan fingerprint density at radius 2 is 1.95 bits per heavy atom. The smallest absolute Gasteiger partial charge is 0.251 e. The van der Waals surface area contributed by atoms with Crippen molar-refractivity contribution >= 4 is 17.5 Å². The van der Waals surface area contributed by atoms with Gasteiger partial charge in [0, 0.05) is 18.2 Å². The number of hydrogen-bond acceptors (Lipinski definition) is 3. The van der Waals surface area contributed by atoms with Crippen LogP contribution in [0.15, 0.2) is 42.5 Å². The molecule has 1 amide bonds. The van der Waals surface area contributed by atoms with E-state index in [1.165, 1.54) is 0 Å². The molecule has 1 N–H and O–H groups in total. The number of halogens is 1. The van der Waals surface area contributed by atoms with Crippen LogP contribution < -0.4 is 14.8 Å². The zero-order valence-electron chi connectivity index (χ0n) is 11.9. The maximum Gasteiger partial charge on any atom is 0.251 e. The van der Waals surface area contributed by atoms with Crippen LogP contribution in [0.5, 0.6) is 11.5 Å². The van der Waals surface area contributed by atoms with Crippen LogP contribution in [0.2, 0.25) is 5.02 Å². The fourth-order valence-electron chi connectivity index (χ4n) is 1.89. The topological polar surface area (TPSA) is 47.6 Å². The van der Waals surface area contributed by atoms with E-state index in [2.05, 4.69) is 5.32 Å². The van der Waals surface area contributed by atoms with E-state index in [1.54, 1.807) is 44.5 Å². The van der Waals surface area contributed by atoms with E-state index in [0.29, 0.717) is 22.1 Å². The third-order valence-corrected chi connectivity index (χ3v) is 3.30. The highest BCUT2D eigenvalue weighted by molar-refractivity contribution is 6.32. The van der Waals surface area contributed by atoms with Gasteiger partial charge in [0.05, 0.1) is 12.1 Å². The van der Waals surface area contributed by atoms with Gasteiger partial charge in [0.15, 0.2) is 0 Å². The molecule has 0 aromatic heterocycles. The van der Waals surface area contributed by atoms with Gasteiger partial charge in [-0.3, -0.25) is 4.79 Å². The highest BCUT2D eigenvalue weighted by Gasteiger charge is 2.10. The van der Waals surface area contributed by atoms with Gasteiger partial charge < -0.3 is 14.8 Å². The number of para-hydroxylation sites is 1. The average molecular weight is 306 g/mol. The quantitative estimate of drug-likeness (QED) is 0.922. The van der Waals surface area contributed by atoms with Crippen molar-refractivity contribution in [3.63, 3.8) is 0 Å². The highest BCUT2D eigenvalue weighted by atomic mass is 35.5. The van der Waals surface area contributed by atoms with E-state index in [4.69, 9.17) is 21.1 Å². The van der Waals surface area contributed by atoms with Gasteiger partial charge in [0.2, 0.25) is 0 Å². The molecule has 21 heavy (non-hydrogen) atoms. The first-order chi connectivity index (χ1) is 10.2. The summed E-state index contributed by atoms with van der Waals surface area (Å²) < 4.78 is 11.0. The van der Waals surface area contributed by atoms with Crippen molar-refractivity contribution in [2.45, 2.75) is 6.61 Å². The van der Waals surface area contributed by atoms with Crippen LogP contribution in [0.25, 0.3) is 0 Å². The first-order valence-electron chi connectivity index (χ1n) is 6.42. The van der Waals surface area contributed by atoms with Crippen molar-refractivity contribution in [3.8, 4) is 11.5 Å². The summed E-state index contributed by atoms with van der Waals surface area (Å²) in [6, 6.07) is 12.4. The fraction of sp³-hybridized carbons (Fsp3) is 0.188. The number of rotatable bonds is 5. The Balaban J connectivity index is 2.21. The van der Waals surface area contributed by atoms with Crippen molar-refractivity contribution in [2.75, 3.05) is 14.2 Å². The number of ether oxygens (including phenoxy) is 2. The molecule has 0 unspecified atom stereocenters. The number of carbonyl (C=O) groups excluding carboxylic acids is 1. The third-order valence-electron chi connectivity index (χ3n) is 2.99. The largest absolute Gasteiger partial charge is 0.496 e. The molecule has 110 valence electrons. The lowest BCUT2D eigenvalue weighted by atomic mass is 10.1. The van der Waals surface area contributed by atoms with Gasteiger partial charge in [0.25, 0.3) is 5.91 Å². The Hall–Kier alpha value is -2.20. The highest BCUT2D eigenvalue weighted by Crippen LogP contribution is 2.26. The van der Waals surface area contributed by atoms with Crippen molar-refractivity contribution in [2.24, 2.45) is 0 Å². The van der Waals surface area contributed by atoms with E-state index in [-0.39, 0.29) is 12.5 Å². The molecular weight excluding hydrogens is 290 g/mol. The Bertz CT molecular complexity index is 643. The molecule has 0 aliphatic heterocycles. The minimum Gasteiger partial charge on any atom is -0.496 e. The van der Waals surface area contributed by atoms with Gasteiger partial charge in [-0.25, -0.2) is 0 Å². The molecule has 0 heterocycles. The van der Waals surface area contributed by atoms with Crippen LogP contribution in [0.1, 0.15) is 15.9 Å². The van der Waals surface area contributed by atoms with Crippen molar-refractivity contribution in [3.05, 3.63) is 58.6 Å². The molecule has 4 nitrogen and oxygen atoms in total. The van der Waals surface area contributed by atoms with Gasteiger partial charge in [-0.15, -0.1) is 0 Å². The van der Waals surface area contributed by atoms with Crippen LogP contribution in [0.4, 0.5) is 0 Å². The lowest BCUT2D eigenvalue weighted by Gasteiger charge is -2.12. The van der Waals surface area contributed by atoms with Gasteiger partial charge in [-0.1, -0.05) is 23.7 Å². The number of benzene rings is 2. The zero-order chi connectivity index (χ0) is 15.2. The molecule has 0 bridgehead atoms. The Labute approximate surface area is 128 Å². The average Bonchev–Trinajstić information content (AvgIpc) is 2.53. The predicted octanol–water partition coefficient (Wildman–Crippen LogP) is 3.29. The summed E-state index contributed by atoms with van der Waals surface area (Å²) in [7, 11) is 3.17. The standard InChI is InChI=1S/C16H16ClNO3/c1-18-16(19)11-7-8-14(20-2)12(9-11)10-21-15-6-4-3-5-13(15)17/h3-9H,10H2,1-2H3,(H,18,19). The van der Waals surface area contributed by atoms with Crippen LogP contribution in [-0.2, 0) is 6.61 Å². The first kappa shape index (κ1) is 15.2. The molecule has 5 heteroatoms. The third kappa shape index (κ3) is 3.67. The Morgan fingerprint density at radius 3 is 2.62 bits per heavy atom. The minimum atomic E-state index is -0.156. The van der Waals surface area contributed by atoms with E-state index >= 15 is 0 Å². The number of methoxy groups -OCH3 is 1. The van der Waals surface area contributed by atoms with Crippen LogP contribution in [-0.4, -0.2) is 20.1 Å². The normalized spacial score (nSPS) is 10.0. The molecule has 0 fully saturated rings. The van der Waals surface area contributed by atoms with Crippen LogP contribution >= 0.6 is 11.6 Å². The molecule has 0 spiro atoms. The number of hydrogen-bond donors (Lipinski definition) is 1. The predicted molar refractivity (Wildman–Crippen MR) is 82.2 cm³/mol. The molecule has 0 aliphatic carbocycles. The van der Waals surface area contributed by atoms with E-state index in [1.807, 2.05) is 12.1 Å². The van der Waals surface area contributed by atoms with Gasteiger partial charge >= 0.3 is 0 Å². The summed E-state index contributed by atoms with van der Waals surface area (Å²) in [6.45, 7) is 0.262. The van der Waals surface area contributed by atoms with Gasteiger partial charge in [-0.05, 0) is 30.3 Å². The van der Waals surface area contributed by atoms with E-state index < -0.39 is 0 Å². The van der Waals surface area contributed by atoms with Gasteiger partial charge in [-0.2, -0.15) is 0 Å². The van der Waals surface area contributed by atoms with E-state index in [0.717, 1.165) is 5.56 Å². The Kier molecular flexibility index (Phi) is 5.06. The summed E-state index contributed by atoms with van der Waals surface area (Å²) in [5.41, 5.74) is 1.33. The molecule has 0 radical (unpaired) electrons. The summed E-state index contributed by atoms with van der Waals surface area (Å²) in [4.78, 5) is 11.7. The lowest BCUT2D eigenvalue weighted by molar-refractivity contribution is 0.0963. The lowest BCUT2D eigenvalue weighted by Crippen LogP contribution is -2.18. The molecule has 0 aliphatic rings. The van der Waals surface area contributed by atoms with Crippen molar-refractivity contribution in [1.82, 2.24) is 5.32 Å². The van der Waals surface area contributed by atoms with Crippen molar-refractivity contribution in [1.29, 1.82) is 0 Å². The summed E-state index contributed by atoms with van der Waals surface area (Å²) in [5, 5.41) is 3.13. The van der Waals surface area contributed by atoms with Crippen LogP contribution in [0.3, 0.4) is 0 Å². The molecular formula is C16H16ClNO3. The SMILES string of the molecule is CNC(=O)c1ccc(OC)c(COc2ccccc2Cl)c1. The first-order valence-corrected chi connectivity index (χ1v) is 6.80. The monoisotopic (exact) mass is 305 g/mol. The second kappa shape index (κ2) is 6.99. The summed E-state index contributed by atoms with van der Waals surface area (Å²) in [6.07, 6.45) is 0. The molecule has 0 saturated heterocycles. The maximum absolute atomic E-state index is 11.7. The number of nitrogens with one attached hydrogen (secondary N) is 1. The molecule has 2 aromatic rings. The molecule has 0 atom stereocenters.